The van der Waals surface area contributed by atoms with Crippen molar-refractivity contribution in [1.82, 2.24) is 0 Å². The molecular weight excluding hydrogens is 254 g/mol. The van der Waals surface area contributed by atoms with Crippen molar-refractivity contribution in [3.05, 3.63) is 21.9 Å². The fraction of sp³-hybridized carbons (Fsp3) is 0.750. The second-order valence-electron chi connectivity index (χ2n) is 6.25. The molecular formula is C16H27NOS. The van der Waals surface area contributed by atoms with E-state index in [1.807, 2.05) is 0 Å². The number of nitrogens with two attached hydrogens (primary N) is 1. The molecule has 0 radical (unpaired) electrons. The average Bonchev–Trinajstić information content (AvgIpc) is 2.84. The number of ether oxygens (including phenoxy) is 1. The standard InChI is InChI=1S/C16H27NOS/c1-11(2)15-7-4-12(3)8-16(15)18-10-14-6-5-13(9-17)19-14/h5-6,11-12,15-16H,4,7-10,17H2,1-3H3. The van der Waals surface area contributed by atoms with Crippen molar-refractivity contribution in [1.29, 1.82) is 0 Å². The van der Waals surface area contributed by atoms with Gasteiger partial charge in [-0.1, -0.05) is 27.2 Å². The van der Waals surface area contributed by atoms with Gasteiger partial charge in [-0.3, -0.25) is 0 Å². The van der Waals surface area contributed by atoms with Crippen molar-refractivity contribution in [2.75, 3.05) is 0 Å². The molecule has 0 spiro atoms. The van der Waals surface area contributed by atoms with Crippen molar-refractivity contribution in [2.24, 2.45) is 23.5 Å². The highest BCUT2D eigenvalue weighted by Gasteiger charge is 2.31. The molecule has 1 saturated carbocycles. The Bertz CT molecular complexity index is 388. The normalized spacial score (nSPS) is 27.9. The van der Waals surface area contributed by atoms with E-state index in [1.54, 1.807) is 11.3 Å². The molecule has 1 heterocycles. The number of hydrogen-bond acceptors (Lipinski definition) is 3. The van der Waals surface area contributed by atoms with Crippen LogP contribution in [0.3, 0.4) is 0 Å². The maximum Gasteiger partial charge on any atom is 0.0813 e. The molecule has 0 aliphatic heterocycles. The summed E-state index contributed by atoms with van der Waals surface area (Å²) in [7, 11) is 0. The molecule has 0 saturated heterocycles. The SMILES string of the molecule is CC1CCC(C(C)C)C(OCc2ccc(CN)s2)C1. The van der Waals surface area contributed by atoms with Gasteiger partial charge in [-0.2, -0.15) is 0 Å². The molecule has 3 atom stereocenters. The van der Waals surface area contributed by atoms with Gasteiger partial charge >= 0.3 is 0 Å². The summed E-state index contributed by atoms with van der Waals surface area (Å²) >= 11 is 1.78. The lowest BCUT2D eigenvalue weighted by atomic mass is 9.75. The van der Waals surface area contributed by atoms with Gasteiger partial charge in [-0.05, 0) is 42.7 Å². The van der Waals surface area contributed by atoms with E-state index in [2.05, 4.69) is 32.9 Å². The van der Waals surface area contributed by atoms with Gasteiger partial charge in [-0.25, -0.2) is 0 Å². The highest BCUT2D eigenvalue weighted by Crippen LogP contribution is 2.36. The molecule has 2 rings (SSSR count). The van der Waals surface area contributed by atoms with E-state index < -0.39 is 0 Å². The van der Waals surface area contributed by atoms with Crippen LogP contribution in [-0.4, -0.2) is 6.10 Å². The van der Waals surface area contributed by atoms with Crippen molar-refractivity contribution in [3.8, 4) is 0 Å². The number of rotatable bonds is 5. The summed E-state index contributed by atoms with van der Waals surface area (Å²) < 4.78 is 6.24. The summed E-state index contributed by atoms with van der Waals surface area (Å²) in [6, 6.07) is 4.27. The highest BCUT2D eigenvalue weighted by atomic mass is 32.1. The van der Waals surface area contributed by atoms with Gasteiger partial charge in [0.1, 0.15) is 0 Å². The third-order valence-corrected chi connectivity index (χ3v) is 5.40. The van der Waals surface area contributed by atoms with Gasteiger partial charge in [0.15, 0.2) is 0 Å². The second-order valence-corrected chi connectivity index (χ2v) is 7.50. The zero-order valence-electron chi connectivity index (χ0n) is 12.4. The highest BCUT2D eigenvalue weighted by molar-refractivity contribution is 7.11. The summed E-state index contributed by atoms with van der Waals surface area (Å²) in [4.78, 5) is 2.55. The van der Waals surface area contributed by atoms with E-state index in [9.17, 15) is 0 Å². The first-order chi connectivity index (χ1) is 9.10. The molecule has 1 aliphatic rings. The lowest BCUT2D eigenvalue weighted by molar-refractivity contribution is -0.0463. The number of hydrogen-bond donors (Lipinski definition) is 1. The van der Waals surface area contributed by atoms with E-state index in [0.717, 1.165) is 24.4 Å². The van der Waals surface area contributed by atoms with Crippen molar-refractivity contribution < 1.29 is 4.74 Å². The molecule has 0 amide bonds. The molecule has 19 heavy (non-hydrogen) atoms. The molecule has 1 aromatic heterocycles. The van der Waals surface area contributed by atoms with Crippen LogP contribution in [0.15, 0.2) is 12.1 Å². The van der Waals surface area contributed by atoms with Crippen LogP contribution in [0, 0.1) is 17.8 Å². The van der Waals surface area contributed by atoms with Crippen LogP contribution in [0.5, 0.6) is 0 Å². The van der Waals surface area contributed by atoms with Gasteiger partial charge in [0, 0.05) is 16.3 Å². The molecule has 3 unspecified atom stereocenters. The van der Waals surface area contributed by atoms with Crippen LogP contribution in [0.25, 0.3) is 0 Å². The first-order valence-electron chi connectivity index (χ1n) is 7.49. The van der Waals surface area contributed by atoms with Crippen LogP contribution in [0.4, 0.5) is 0 Å². The maximum absolute atomic E-state index is 6.24. The molecule has 108 valence electrons. The first-order valence-corrected chi connectivity index (χ1v) is 8.31. The monoisotopic (exact) mass is 281 g/mol. The van der Waals surface area contributed by atoms with Crippen LogP contribution in [0.1, 0.15) is 49.8 Å². The van der Waals surface area contributed by atoms with Gasteiger partial charge in [0.25, 0.3) is 0 Å². The topological polar surface area (TPSA) is 35.2 Å². The first kappa shape index (κ1) is 15.0. The van der Waals surface area contributed by atoms with Crippen molar-refractivity contribution in [2.45, 2.75) is 59.3 Å². The smallest absolute Gasteiger partial charge is 0.0813 e. The Kier molecular flexibility index (Phi) is 5.43. The van der Waals surface area contributed by atoms with E-state index >= 15 is 0 Å². The summed E-state index contributed by atoms with van der Waals surface area (Å²) in [5.41, 5.74) is 5.65. The minimum Gasteiger partial charge on any atom is -0.372 e. The fourth-order valence-corrected chi connectivity index (χ4v) is 3.92. The average molecular weight is 281 g/mol. The third kappa shape index (κ3) is 4.04. The lowest BCUT2D eigenvalue weighted by Crippen LogP contribution is -2.34. The predicted octanol–water partition coefficient (Wildman–Crippen LogP) is 4.18. The Hall–Kier alpha value is -0.380. The Morgan fingerprint density at radius 2 is 2.05 bits per heavy atom. The van der Waals surface area contributed by atoms with E-state index in [1.165, 1.54) is 29.0 Å². The molecule has 1 aromatic rings. The lowest BCUT2D eigenvalue weighted by Gasteiger charge is -2.37. The Balaban J connectivity index is 1.91. The van der Waals surface area contributed by atoms with Crippen LogP contribution in [0.2, 0.25) is 0 Å². The number of thiophene rings is 1. The maximum atomic E-state index is 6.24. The Labute approximate surface area is 121 Å². The zero-order chi connectivity index (χ0) is 13.8. The van der Waals surface area contributed by atoms with Gasteiger partial charge in [-0.15, -0.1) is 11.3 Å². The van der Waals surface area contributed by atoms with Gasteiger partial charge in [0.2, 0.25) is 0 Å². The molecule has 2 N–H and O–H groups in total. The van der Waals surface area contributed by atoms with E-state index in [4.69, 9.17) is 10.5 Å². The third-order valence-electron chi connectivity index (χ3n) is 4.32. The summed E-state index contributed by atoms with van der Waals surface area (Å²) in [6.45, 7) is 8.40. The van der Waals surface area contributed by atoms with Crippen LogP contribution >= 0.6 is 11.3 Å². The summed E-state index contributed by atoms with van der Waals surface area (Å²) in [5.74, 6) is 2.26. The molecule has 3 heteroatoms. The molecule has 2 nitrogen and oxygen atoms in total. The van der Waals surface area contributed by atoms with E-state index in [-0.39, 0.29) is 0 Å². The second kappa shape index (κ2) is 6.87. The predicted molar refractivity (Wildman–Crippen MR) is 82.1 cm³/mol. The molecule has 0 aromatic carbocycles. The molecule has 0 bridgehead atoms. The minimum absolute atomic E-state index is 0.437. The van der Waals surface area contributed by atoms with Crippen molar-refractivity contribution in [3.63, 3.8) is 0 Å². The Morgan fingerprint density at radius 1 is 1.32 bits per heavy atom. The fourth-order valence-electron chi connectivity index (χ4n) is 3.11. The van der Waals surface area contributed by atoms with Gasteiger partial charge < -0.3 is 10.5 Å². The van der Waals surface area contributed by atoms with Gasteiger partial charge in [0.05, 0.1) is 12.7 Å². The Morgan fingerprint density at radius 3 is 2.68 bits per heavy atom. The summed E-state index contributed by atoms with van der Waals surface area (Å²) in [5, 5.41) is 0. The van der Waals surface area contributed by atoms with Crippen molar-refractivity contribution >= 4 is 11.3 Å². The minimum atomic E-state index is 0.437. The van der Waals surface area contributed by atoms with Crippen LogP contribution in [-0.2, 0) is 17.9 Å². The summed E-state index contributed by atoms with van der Waals surface area (Å²) in [6.07, 6.45) is 4.34. The quantitative estimate of drug-likeness (QED) is 0.878. The van der Waals surface area contributed by atoms with Crippen LogP contribution < -0.4 is 5.73 Å². The molecule has 1 aliphatic carbocycles. The largest absolute Gasteiger partial charge is 0.372 e. The zero-order valence-corrected chi connectivity index (χ0v) is 13.2. The van der Waals surface area contributed by atoms with E-state index in [0.29, 0.717) is 12.6 Å². The molecule has 1 fully saturated rings.